The first-order valence-electron chi connectivity index (χ1n) is 12.5. The molecule has 0 radical (unpaired) electrons. The fourth-order valence-electron chi connectivity index (χ4n) is 4.17. The summed E-state index contributed by atoms with van der Waals surface area (Å²) < 4.78 is 26.2. The summed E-state index contributed by atoms with van der Waals surface area (Å²) in [4.78, 5) is 4.57. The van der Waals surface area contributed by atoms with E-state index >= 15 is 0 Å². The van der Waals surface area contributed by atoms with Crippen LogP contribution in [0.1, 0.15) is 69.3 Å². The van der Waals surface area contributed by atoms with Crippen LogP contribution in [0.15, 0.2) is 48.8 Å². The van der Waals surface area contributed by atoms with Gasteiger partial charge in [-0.1, -0.05) is 38.1 Å². The van der Waals surface area contributed by atoms with Crippen LogP contribution in [0.3, 0.4) is 0 Å². The molecule has 36 heavy (non-hydrogen) atoms. The Morgan fingerprint density at radius 1 is 1.28 bits per heavy atom. The molecule has 1 N–H and O–H groups in total. The Bertz CT molecular complexity index is 1500. The van der Waals surface area contributed by atoms with Crippen molar-refractivity contribution < 1.29 is 5.76 Å². The van der Waals surface area contributed by atoms with Gasteiger partial charge in [0.1, 0.15) is 11.9 Å². The van der Waals surface area contributed by atoms with E-state index in [4.69, 9.17) is 0 Å². The SMILES string of the molecule is [2H][C@@](Cc1cc(I)c2ncc(C#N)c(NCC(C)(C)C)c2c1)(c1ccc(F)cc1)c1cn(C2CC2)nn1. The lowest BCUT2D eigenvalue weighted by Crippen LogP contribution is -2.20. The minimum absolute atomic E-state index is 0.0133. The predicted octanol–water partition coefficient (Wildman–Crippen LogP) is 6.61. The highest BCUT2D eigenvalue weighted by atomic mass is 127. The van der Waals surface area contributed by atoms with Crippen molar-refractivity contribution in [2.24, 2.45) is 5.41 Å². The van der Waals surface area contributed by atoms with E-state index in [0.29, 0.717) is 35.8 Å². The minimum Gasteiger partial charge on any atom is -0.383 e. The Kier molecular flexibility index (Phi) is 6.34. The summed E-state index contributed by atoms with van der Waals surface area (Å²) in [5.41, 5.74) is 4.11. The third-order valence-corrected chi connectivity index (χ3v) is 7.04. The van der Waals surface area contributed by atoms with Crippen LogP contribution in [0.5, 0.6) is 0 Å². The molecule has 1 fully saturated rings. The number of fused-ring (bicyclic) bond motifs is 1. The number of hydrogen-bond acceptors (Lipinski definition) is 5. The Labute approximate surface area is 225 Å². The number of nitrogens with one attached hydrogen (secondary N) is 1. The zero-order valence-corrected chi connectivity index (χ0v) is 22.7. The van der Waals surface area contributed by atoms with Gasteiger partial charge in [0, 0.05) is 35.2 Å². The molecule has 1 aliphatic rings. The van der Waals surface area contributed by atoms with Crippen molar-refractivity contribution >= 4 is 39.2 Å². The van der Waals surface area contributed by atoms with Crippen LogP contribution in [0.25, 0.3) is 10.9 Å². The van der Waals surface area contributed by atoms with Crippen molar-refractivity contribution in [3.63, 3.8) is 0 Å². The quantitative estimate of drug-likeness (QED) is 0.244. The van der Waals surface area contributed by atoms with Gasteiger partial charge < -0.3 is 5.32 Å². The number of nitriles is 1. The number of aromatic nitrogens is 4. The molecule has 1 saturated carbocycles. The first kappa shape index (κ1) is 23.3. The van der Waals surface area contributed by atoms with Crippen LogP contribution in [0.4, 0.5) is 10.1 Å². The molecule has 2 heterocycles. The van der Waals surface area contributed by atoms with Gasteiger partial charge in [0.25, 0.3) is 0 Å². The van der Waals surface area contributed by atoms with Gasteiger partial charge in [0.2, 0.25) is 0 Å². The topological polar surface area (TPSA) is 79.4 Å². The summed E-state index contributed by atoms with van der Waals surface area (Å²) in [5, 5.41) is 22.8. The zero-order valence-electron chi connectivity index (χ0n) is 21.5. The van der Waals surface area contributed by atoms with Gasteiger partial charge in [-0.3, -0.25) is 4.98 Å². The lowest BCUT2D eigenvalue weighted by molar-refractivity contribution is 0.443. The predicted molar refractivity (Wildman–Crippen MR) is 147 cm³/mol. The highest BCUT2D eigenvalue weighted by Crippen LogP contribution is 2.37. The molecule has 0 spiro atoms. The highest BCUT2D eigenvalue weighted by Gasteiger charge is 2.27. The van der Waals surface area contributed by atoms with Gasteiger partial charge in [0.05, 0.1) is 28.5 Å². The molecule has 0 amide bonds. The molecule has 1 atom stereocenters. The average Bonchev–Trinajstić information content (AvgIpc) is 3.58. The van der Waals surface area contributed by atoms with Crippen LogP contribution >= 0.6 is 22.6 Å². The molecule has 2 aromatic heterocycles. The van der Waals surface area contributed by atoms with E-state index in [0.717, 1.165) is 38.6 Å². The number of rotatable bonds is 7. The van der Waals surface area contributed by atoms with Gasteiger partial charge in [-0.05, 0) is 82.7 Å². The third-order valence-electron chi connectivity index (χ3n) is 6.21. The monoisotopic (exact) mass is 595 g/mol. The van der Waals surface area contributed by atoms with Crippen LogP contribution in [-0.2, 0) is 6.42 Å². The summed E-state index contributed by atoms with van der Waals surface area (Å²) in [6.07, 6.45) is 5.88. The Balaban J connectivity index is 1.62. The van der Waals surface area contributed by atoms with Gasteiger partial charge >= 0.3 is 0 Å². The number of hydrogen-bond donors (Lipinski definition) is 1. The summed E-state index contributed by atoms with van der Waals surface area (Å²) in [6.45, 7) is 7.09. The molecule has 0 saturated heterocycles. The Morgan fingerprint density at radius 2 is 2.03 bits per heavy atom. The maximum atomic E-state index is 13.8. The van der Waals surface area contributed by atoms with Crippen molar-refractivity contribution in [2.45, 2.75) is 52.0 Å². The van der Waals surface area contributed by atoms with E-state index in [9.17, 15) is 11.0 Å². The number of benzene rings is 2. The summed E-state index contributed by atoms with van der Waals surface area (Å²) in [6, 6.07) is 12.7. The minimum atomic E-state index is -1.28. The van der Waals surface area contributed by atoms with Crippen LogP contribution < -0.4 is 5.32 Å². The molecule has 4 aromatic rings. The van der Waals surface area contributed by atoms with Gasteiger partial charge in [-0.2, -0.15) is 5.26 Å². The lowest BCUT2D eigenvalue weighted by atomic mass is 9.89. The third kappa shape index (κ3) is 5.36. The van der Waals surface area contributed by atoms with E-state index < -0.39 is 5.89 Å². The molecular formula is C28H28FIN6. The molecular weight excluding hydrogens is 566 g/mol. The second-order valence-corrected chi connectivity index (χ2v) is 11.7. The van der Waals surface area contributed by atoms with Gasteiger partial charge in [-0.25, -0.2) is 9.07 Å². The average molecular weight is 595 g/mol. The molecule has 0 unspecified atom stereocenters. The van der Waals surface area contributed by atoms with Crippen molar-refractivity contribution in [1.29, 1.82) is 5.26 Å². The summed E-state index contributed by atoms with van der Waals surface area (Å²) in [7, 11) is 0. The number of pyridine rings is 1. The van der Waals surface area contributed by atoms with E-state index in [1.807, 2.05) is 23.0 Å². The molecule has 2 aromatic carbocycles. The van der Waals surface area contributed by atoms with Gasteiger partial charge in [-0.15, -0.1) is 5.10 Å². The van der Waals surface area contributed by atoms with Crippen LogP contribution in [0, 0.1) is 26.1 Å². The first-order valence-corrected chi connectivity index (χ1v) is 13.1. The Hall–Kier alpha value is -3.06. The van der Waals surface area contributed by atoms with Crippen molar-refractivity contribution in [2.75, 3.05) is 11.9 Å². The maximum Gasteiger partial charge on any atom is 0.123 e. The Morgan fingerprint density at radius 3 is 2.69 bits per heavy atom. The maximum absolute atomic E-state index is 13.8. The fourth-order valence-corrected chi connectivity index (χ4v) is 5.00. The van der Waals surface area contributed by atoms with Crippen molar-refractivity contribution in [3.8, 4) is 6.07 Å². The van der Waals surface area contributed by atoms with Crippen LogP contribution in [0.2, 0.25) is 0 Å². The van der Waals surface area contributed by atoms with Crippen molar-refractivity contribution in [3.05, 3.63) is 80.6 Å². The summed E-state index contributed by atoms with van der Waals surface area (Å²) in [5.74, 6) is -1.63. The van der Waals surface area contributed by atoms with E-state index in [2.05, 4.69) is 70.0 Å². The first-order chi connectivity index (χ1) is 17.6. The van der Waals surface area contributed by atoms with E-state index in [1.54, 1.807) is 18.3 Å². The standard InChI is InChI=1S/C28H28FIN6/c1-28(2,3)16-33-26-19(13-31)14-32-27-23(26)11-17(12-24(27)30)10-22(18-4-6-20(29)7-5-18)25-15-36(35-34-25)21-8-9-21/h4-7,11-12,14-15,21-22H,8-10,16H2,1-3H3,(H,32,33)/t22-/m1/s1/i22D. The number of halogens is 2. The zero-order chi connectivity index (χ0) is 26.4. The van der Waals surface area contributed by atoms with Crippen LogP contribution in [-0.4, -0.2) is 26.5 Å². The molecule has 0 aliphatic heterocycles. The van der Waals surface area contributed by atoms with E-state index in [1.165, 1.54) is 12.1 Å². The second kappa shape index (κ2) is 9.77. The molecule has 184 valence electrons. The molecule has 0 bridgehead atoms. The lowest BCUT2D eigenvalue weighted by Gasteiger charge is -2.22. The largest absolute Gasteiger partial charge is 0.383 e. The van der Waals surface area contributed by atoms with E-state index in [-0.39, 0.29) is 11.2 Å². The summed E-state index contributed by atoms with van der Waals surface area (Å²) >= 11 is 2.26. The normalized spacial score (nSPS) is 15.8. The highest BCUT2D eigenvalue weighted by molar-refractivity contribution is 14.1. The number of nitrogens with zero attached hydrogens (tertiary/aromatic N) is 5. The number of anilines is 1. The molecule has 8 heteroatoms. The molecule has 5 rings (SSSR count). The van der Waals surface area contributed by atoms with Crippen molar-refractivity contribution in [1.82, 2.24) is 20.0 Å². The van der Waals surface area contributed by atoms with Gasteiger partial charge in [0.15, 0.2) is 0 Å². The second-order valence-electron chi connectivity index (χ2n) is 10.5. The smallest absolute Gasteiger partial charge is 0.123 e. The fraction of sp³-hybridized carbons (Fsp3) is 0.357. The molecule has 1 aliphatic carbocycles. The molecule has 6 nitrogen and oxygen atoms in total.